The van der Waals surface area contributed by atoms with Crippen molar-refractivity contribution in [3.05, 3.63) is 12.2 Å². The fourth-order valence-corrected chi connectivity index (χ4v) is 2.49. The average molecular weight is 312 g/mol. The zero-order valence-electron chi connectivity index (χ0n) is 14.2. The highest BCUT2D eigenvalue weighted by Gasteiger charge is 2.18. The summed E-state index contributed by atoms with van der Waals surface area (Å²) >= 11 is 0. The van der Waals surface area contributed by atoms with Crippen LogP contribution in [0.4, 0.5) is 0 Å². The molecule has 4 nitrogen and oxygen atoms in total. The van der Waals surface area contributed by atoms with Gasteiger partial charge in [0.1, 0.15) is 0 Å². The maximum absolute atomic E-state index is 11.7. The number of unbranched alkanes of at least 4 members (excludes halogenated alkanes) is 3. The van der Waals surface area contributed by atoms with Gasteiger partial charge in [-0.3, -0.25) is 4.79 Å². The Balaban J connectivity index is 2.36. The average Bonchev–Trinajstić information content (AvgIpc) is 2.53. The molecule has 0 bridgehead atoms. The molecule has 0 N–H and O–H groups in total. The van der Waals surface area contributed by atoms with E-state index in [2.05, 4.69) is 19.1 Å². The van der Waals surface area contributed by atoms with Gasteiger partial charge in [-0.25, -0.2) is 0 Å². The Bertz CT molecular complexity index is 308. The lowest BCUT2D eigenvalue weighted by Crippen LogP contribution is -2.25. The first-order chi connectivity index (χ1) is 10.8. The molecule has 0 aromatic rings. The summed E-state index contributed by atoms with van der Waals surface area (Å²) in [5.74, 6) is -0.0786. The monoisotopic (exact) mass is 312 g/mol. The number of allylic oxidation sites excluding steroid dienone is 1. The van der Waals surface area contributed by atoms with Gasteiger partial charge in [0.05, 0.1) is 19.6 Å². The molecule has 1 saturated heterocycles. The van der Waals surface area contributed by atoms with Crippen LogP contribution in [0.2, 0.25) is 0 Å². The van der Waals surface area contributed by atoms with Crippen molar-refractivity contribution in [1.29, 1.82) is 0 Å². The van der Waals surface area contributed by atoms with Gasteiger partial charge in [0.2, 0.25) is 0 Å². The molecule has 1 unspecified atom stereocenters. The van der Waals surface area contributed by atoms with Crippen LogP contribution in [-0.2, 0) is 19.0 Å². The van der Waals surface area contributed by atoms with E-state index < -0.39 is 0 Å². The smallest absolute Gasteiger partial charge is 0.306 e. The van der Waals surface area contributed by atoms with Crippen LogP contribution in [0.25, 0.3) is 0 Å². The standard InChI is InChI=1S/C18H32O4/c1-3-5-6-7-8-11-16(14-17(19)20-4-2)15-22-18-12-9-10-13-21-18/h8,11,16,18H,3-7,9-10,12-15H2,1-2H3/b11-8+/t16-,18?/m0/s1. The fraction of sp³-hybridized carbons (Fsp3) is 0.833. The van der Waals surface area contributed by atoms with Crippen molar-refractivity contribution in [2.45, 2.75) is 71.5 Å². The largest absolute Gasteiger partial charge is 0.466 e. The molecule has 0 aliphatic carbocycles. The number of carbonyl (C=O) groups excluding carboxylic acids is 1. The molecule has 0 aromatic carbocycles. The van der Waals surface area contributed by atoms with E-state index in [4.69, 9.17) is 14.2 Å². The maximum Gasteiger partial charge on any atom is 0.306 e. The Morgan fingerprint density at radius 3 is 2.86 bits per heavy atom. The molecule has 22 heavy (non-hydrogen) atoms. The highest BCUT2D eigenvalue weighted by atomic mass is 16.7. The molecule has 1 rings (SSSR count). The highest BCUT2D eigenvalue weighted by molar-refractivity contribution is 5.69. The zero-order valence-corrected chi connectivity index (χ0v) is 14.2. The minimum atomic E-state index is -0.154. The van der Waals surface area contributed by atoms with Crippen molar-refractivity contribution in [2.75, 3.05) is 19.8 Å². The third-order valence-corrected chi connectivity index (χ3v) is 3.75. The first-order valence-electron chi connectivity index (χ1n) is 8.81. The van der Waals surface area contributed by atoms with E-state index in [1.165, 1.54) is 19.3 Å². The lowest BCUT2D eigenvalue weighted by molar-refractivity contribution is -0.169. The first kappa shape index (κ1) is 19.2. The molecule has 0 radical (unpaired) electrons. The molecule has 0 amide bonds. The van der Waals surface area contributed by atoms with Crippen LogP contribution in [-0.4, -0.2) is 32.1 Å². The van der Waals surface area contributed by atoms with Gasteiger partial charge in [-0.1, -0.05) is 31.9 Å². The quantitative estimate of drug-likeness (QED) is 0.325. The molecular weight excluding hydrogens is 280 g/mol. The third kappa shape index (κ3) is 9.21. The van der Waals surface area contributed by atoms with Crippen LogP contribution in [0.1, 0.15) is 65.2 Å². The second-order valence-electron chi connectivity index (χ2n) is 5.82. The van der Waals surface area contributed by atoms with Gasteiger partial charge in [-0.05, 0) is 39.0 Å². The summed E-state index contributed by atoms with van der Waals surface area (Å²) in [7, 11) is 0. The Kier molecular flexibility index (Phi) is 11.0. The van der Waals surface area contributed by atoms with Gasteiger partial charge in [0.15, 0.2) is 6.29 Å². The molecular formula is C18H32O4. The summed E-state index contributed by atoms with van der Waals surface area (Å²) in [5.41, 5.74) is 0. The second-order valence-corrected chi connectivity index (χ2v) is 5.82. The predicted octanol–water partition coefficient (Wildman–Crippen LogP) is 4.24. The van der Waals surface area contributed by atoms with Gasteiger partial charge in [-0.15, -0.1) is 0 Å². The SMILES string of the molecule is CCCCC/C=C/[C@H](COC1CCCCO1)CC(=O)OCC. The molecule has 1 aliphatic heterocycles. The first-order valence-corrected chi connectivity index (χ1v) is 8.81. The lowest BCUT2D eigenvalue weighted by Gasteiger charge is -2.24. The van der Waals surface area contributed by atoms with E-state index in [9.17, 15) is 4.79 Å². The van der Waals surface area contributed by atoms with Gasteiger partial charge in [-0.2, -0.15) is 0 Å². The van der Waals surface area contributed by atoms with Gasteiger partial charge in [0, 0.05) is 12.5 Å². The van der Waals surface area contributed by atoms with Crippen LogP contribution >= 0.6 is 0 Å². The minimum Gasteiger partial charge on any atom is -0.466 e. The topological polar surface area (TPSA) is 44.8 Å². The summed E-state index contributed by atoms with van der Waals surface area (Å²) in [6.07, 6.45) is 12.5. The van der Waals surface area contributed by atoms with Crippen molar-refractivity contribution in [3.8, 4) is 0 Å². The van der Waals surface area contributed by atoms with Crippen molar-refractivity contribution < 1.29 is 19.0 Å². The van der Waals surface area contributed by atoms with E-state index in [1.807, 2.05) is 6.92 Å². The fourth-order valence-electron chi connectivity index (χ4n) is 2.49. The number of carbonyl (C=O) groups is 1. The molecule has 0 spiro atoms. The van der Waals surface area contributed by atoms with Gasteiger partial charge >= 0.3 is 5.97 Å². The summed E-state index contributed by atoms with van der Waals surface area (Å²) in [5, 5.41) is 0. The van der Waals surface area contributed by atoms with E-state index in [0.29, 0.717) is 19.6 Å². The summed E-state index contributed by atoms with van der Waals surface area (Å²) in [4.78, 5) is 11.7. The molecule has 0 saturated carbocycles. The van der Waals surface area contributed by atoms with Crippen molar-refractivity contribution in [3.63, 3.8) is 0 Å². The molecule has 1 aliphatic rings. The Labute approximate surface area is 135 Å². The Morgan fingerprint density at radius 1 is 1.32 bits per heavy atom. The van der Waals surface area contributed by atoms with E-state index in [0.717, 1.165) is 32.3 Å². The number of hydrogen-bond acceptors (Lipinski definition) is 4. The van der Waals surface area contributed by atoms with E-state index >= 15 is 0 Å². The summed E-state index contributed by atoms with van der Waals surface area (Å²) in [6, 6.07) is 0. The third-order valence-electron chi connectivity index (χ3n) is 3.75. The van der Waals surface area contributed by atoms with Gasteiger partial charge < -0.3 is 14.2 Å². The molecule has 0 aromatic heterocycles. The lowest BCUT2D eigenvalue weighted by atomic mass is 10.0. The molecule has 128 valence electrons. The van der Waals surface area contributed by atoms with E-state index in [-0.39, 0.29) is 18.2 Å². The van der Waals surface area contributed by atoms with Crippen molar-refractivity contribution in [2.24, 2.45) is 5.92 Å². The number of rotatable bonds is 11. The van der Waals surface area contributed by atoms with E-state index in [1.54, 1.807) is 0 Å². The normalized spacial score (nSPS) is 20.2. The van der Waals surface area contributed by atoms with Crippen molar-refractivity contribution >= 4 is 5.97 Å². The van der Waals surface area contributed by atoms with Crippen LogP contribution in [0.3, 0.4) is 0 Å². The van der Waals surface area contributed by atoms with Crippen LogP contribution < -0.4 is 0 Å². The summed E-state index contributed by atoms with van der Waals surface area (Å²) < 4.78 is 16.4. The van der Waals surface area contributed by atoms with Crippen LogP contribution in [0.5, 0.6) is 0 Å². The maximum atomic E-state index is 11.7. The summed E-state index contributed by atoms with van der Waals surface area (Å²) in [6.45, 7) is 5.76. The van der Waals surface area contributed by atoms with Crippen LogP contribution in [0.15, 0.2) is 12.2 Å². The van der Waals surface area contributed by atoms with Crippen molar-refractivity contribution in [1.82, 2.24) is 0 Å². The number of esters is 1. The predicted molar refractivity (Wildman–Crippen MR) is 87.6 cm³/mol. The highest BCUT2D eigenvalue weighted by Crippen LogP contribution is 2.17. The molecule has 1 heterocycles. The molecule has 2 atom stereocenters. The molecule has 1 fully saturated rings. The molecule has 4 heteroatoms. The minimum absolute atomic E-state index is 0.0752. The number of hydrogen-bond donors (Lipinski definition) is 0. The van der Waals surface area contributed by atoms with Crippen LogP contribution in [0, 0.1) is 5.92 Å². The number of ether oxygens (including phenoxy) is 3. The zero-order chi connectivity index (χ0) is 16.0. The Morgan fingerprint density at radius 2 is 2.18 bits per heavy atom. The Hall–Kier alpha value is -0.870. The van der Waals surface area contributed by atoms with Gasteiger partial charge in [0.25, 0.3) is 0 Å². The second kappa shape index (κ2) is 12.7.